The molecule has 0 bridgehead atoms. The second kappa shape index (κ2) is 6.64. The number of hydrogen-bond donors (Lipinski definition) is 0. The van der Waals surface area contributed by atoms with Crippen LogP contribution in [0.15, 0.2) is 24.3 Å². The molecule has 1 fully saturated rings. The van der Waals surface area contributed by atoms with E-state index >= 15 is 0 Å². The molecule has 118 valence electrons. The molecule has 3 atom stereocenters. The van der Waals surface area contributed by atoms with Crippen molar-refractivity contribution < 1.29 is 14.6 Å². The summed E-state index contributed by atoms with van der Waals surface area (Å²) < 4.78 is 0. The first-order valence-electron chi connectivity index (χ1n) is 7.28. The summed E-state index contributed by atoms with van der Waals surface area (Å²) in [6, 6.07) is 6.00. The number of rotatable bonds is 5. The van der Waals surface area contributed by atoms with Crippen molar-refractivity contribution in [2.45, 2.75) is 32.1 Å². The molecule has 0 radical (unpaired) electrons. The summed E-state index contributed by atoms with van der Waals surface area (Å²) in [7, 11) is 0. The lowest BCUT2D eigenvalue weighted by atomic mass is 9.72. The van der Waals surface area contributed by atoms with E-state index in [2.05, 4.69) is 0 Å². The average Bonchev–Trinajstić information content (AvgIpc) is 2.47. The predicted molar refractivity (Wildman–Crippen MR) is 79.2 cm³/mol. The van der Waals surface area contributed by atoms with Gasteiger partial charge in [-0.05, 0) is 18.8 Å². The summed E-state index contributed by atoms with van der Waals surface area (Å²) in [4.78, 5) is 33.4. The van der Waals surface area contributed by atoms with Gasteiger partial charge in [0.1, 0.15) is 5.78 Å². The van der Waals surface area contributed by atoms with Crippen molar-refractivity contribution >= 4 is 11.5 Å². The number of carbonyl (C=O) groups excluding carboxylic acids is 1. The van der Waals surface area contributed by atoms with Gasteiger partial charge in [-0.15, -0.1) is 0 Å². The van der Waals surface area contributed by atoms with Gasteiger partial charge in [-0.2, -0.15) is 0 Å². The molecular formula is C15H18N2O5. The molecule has 1 saturated carbocycles. The maximum Gasteiger partial charge on any atom is 0.273 e. The number of nitrogens with zero attached hydrogens (tertiary/aromatic N) is 2. The van der Waals surface area contributed by atoms with Gasteiger partial charge in [0.2, 0.25) is 6.54 Å². The van der Waals surface area contributed by atoms with Crippen LogP contribution in [0.5, 0.6) is 0 Å². The minimum atomic E-state index is -0.744. The van der Waals surface area contributed by atoms with Crippen LogP contribution in [0.2, 0.25) is 0 Å². The third kappa shape index (κ3) is 3.47. The Morgan fingerprint density at radius 1 is 1.27 bits per heavy atom. The van der Waals surface area contributed by atoms with Gasteiger partial charge in [-0.1, -0.05) is 25.1 Å². The molecule has 1 aliphatic carbocycles. The molecule has 1 aromatic rings. The summed E-state index contributed by atoms with van der Waals surface area (Å²) in [6.07, 6.45) is 1.71. The molecule has 0 aliphatic heterocycles. The van der Waals surface area contributed by atoms with Crippen LogP contribution in [0.25, 0.3) is 0 Å². The number of carbonyl (C=O) groups is 1. The van der Waals surface area contributed by atoms with Gasteiger partial charge in [0, 0.05) is 28.9 Å². The molecule has 7 nitrogen and oxygen atoms in total. The number of nitro groups is 2. The Bertz CT molecular complexity index is 601. The van der Waals surface area contributed by atoms with Crippen molar-refractivity contribution in [3.63, 3.8) is 0 Å². The zero-order valence-electron chi connectivity index (χ0n) is 12.3. The number of hydrogen-bond acceptors (Lipinski definition) is 5. The molecule has 0 heterocycles. The van der Waals surface area contributed by atoms with Crippen molar-refractivity contribution in [1.29, 1.82) is 0 Å². The average molecular weight is 306 g/mol. The standard InChI is InChI=1S/C15H18N2O5/c1-10-6-7-15(18)12(8-10)13(9-16(19)20)11-4-2-3-5-14(11)17(21)22/h2-5,10,12-13H,6-9H2,1H3/t10-,12-,13-/m1/s1. The fourth-order valence-electron chi connectivity index (χ4n) is 3.22. The lowest BCUT2D eigenvalue weighted by Gasteiger charge is -2.30. The second-order valence-electron chi connectivity index (χ2n) is 5.89. The molecule has 0 spiro atoms. The van der Waals surface area contributed by atoms with Gasteiger partial charge in [0.15, 0.2) is 0 Å². The highest BCUT2D eigenvalue weighted by Crippen LogP contribution is 2.39. The minimum Gasteiger partial charge on any atom is -0.299 e. The van der Waals surface area contributed by atoms with Crippen LogP contribution in [-0.2, 0) is 4.79 Å². The first-order valence-corrected chi connectivity index (χ1v) is 7.28. The van der Waals surface area contributed by atoms with Crippen molar-refractivity contribution in [3.8, 4) is 0 Å². The Labute approximate surface area is 127 Å². The maximum atomic E-state index is 12.2. The van der Waals surface area contributed by atoms with E-state index in [4.69, 9.17) is 0 Å². The lowest BCUT2D eigenvalue weighted by molar-refractivity contribution is -0.485. The first-order chi connectivity index (χ1) is 10.4. The van der Waals surface area contributed by atoms with Crippen LogP contribution >= 0.6 is 0 Å². The Balaban J connectivity index is 2.44. The number of para-hydroxylation sites is 1. The van der Waals surface area contributed by atoms with E-state index < -0.39 is 28.2 Å². The molecule has 1 aliphatic rings. The minimum absolute atomic E-state index is 0.0249. The number of nitro benzene ring substituents is 1. The van der Waals surface area contributed by atoms with Gasteiger partial charge in [0.25, 0.3) is 5.69 Å². The lowest BCUT2D eigenvalue weighted by Crippen LogP contribution is -2.32. The van der Waals surface area contributed by atoms with E-state index in [0.29, 0.717) is 18.8 Å². The highest BCUT2D eigenvalue weighted by atomic mass is 16.6. The molecule has 2 rings (SSSR count). The van der Waals surface area contributed by atoms with Gasteiger partial charge in [-0.25, -0.2) is 0 Å². The summed E-state index contributed by atoms with van der Waals surface area (Å²) in [6.45, 7) is 1.54. The van der Waals surface area contributed by atoms with E-state index in [1.165, 1.54) is 18.2 Å². The fourth-order valence-corrected chi connectivity index (χ4v) is 3.22. The van der Waals surface area contributed by atoms with Crippen molar-refractivity contribution in [3.05, 3.63) is 50.1 Å². The smallest absolute Gasteiger partial charge is 0.273 e. The van der Waals surface area contributed by atoms with Gasteiger partial charge in [-0.3, -0.25) is 25.0 Å². The molecule has 0 saturated heterocycles. The third-order valence-corrected chi connectivity index (χ3v) is 4.32. The topological polar surface area (TPSA) is 103 Å². The highest BCUT2D eigenvalue weighted by Gasteiger charge is 2.39. The maximum absolute atomic E-state index is 12.2. The molecule has 7 heteroatoms. The zero-order chi connectivity index (χ0) is 16.3. The summed E-state index contributed by atoms with van der Waals surface area (Å²) in [5.41, 5.74) is 0.136. The number of Topliss-reactive ketones (excluding diaryl/α,β-unsaturated/α-hetero) is 1. The zero-order valence-corrected chi connectivity index (χ0v) is 12.3. The van der Waals surface area contributed by atoms with E-state index in [9.17, 15) is 25.0 Å². The molecule has 0 aromatic heterocycles. The van der Waals surface area contributed by atoms with Crippen molar-refractivity contribution in [2.75, 3.05) is 6.54 Å². The van der Waals surface area contributed by atoms with E-state index in [1.54, 1.807) is 6.07 Å². The Hall–Kier alpha value is -2.31. The summed E-state index contributed by atoms with van der Waals surface area (Å²) >= 11 is 0. The molecular weight excluding hydrogens is 288 g/mol. The van der Waals surface area contributed by atoms with E-state index in [1.807, 2.05) is 6.92 Å². The quantitative estimate of drug-likeness (QED) is 0.614. The van der Waals surface area contributed by atoms with Crippen molar-refractivity contribution in [2.24, 2.45) is 11.8 Å². The van der Waals surface area contributed by atoms with Crippen LogP contribution in [0, 0.1) is 32.1 Å². The van der Waals surface area contributed by atoms with Crippen LogP contribution < -0.4 is 0 Å². The highest BCUT2D eigenvalue weighted by molar-refractivity contribution is 5.83. The monoisotopic (exact) mass is 306 g/mol. The van der Waals surface area contributed by atoms with Crippen LogP contribution in [0.1, 0.15) is 37.7 Å². The largest absolute Gasteiger partial charge is 0.299 e. The van der Waals surface area contributed by atoms with E-state index in [-0.39, 0.29) is 17.0 Å². The van der Waals surface area contributed by atoms with Gasteiger partial charge in [0.05, 0.1) is 10.8 Å². The van der Waals surface area contributed by atoms with Crippen LogP contribution in [0.3, 0.4) is 0 Å². The Morgan fingerprint density at radius 3 is 2.59 bits per heavy atom. The molecule has 22 heavy (non-hydrogen) atoms. The fraction of sp³-hybridized carbons (Fsp3) is 0.533. The second-order valence-corrected chi connectivity index (χ2v) is 5.89. The molecule has 0 unspecified atom stereocenters. The SMILES string of the molecule is C[C@@H]1CCC(=O)[C@@H]([C@H](C[N+](=O)[O-])c2ccccc2[N+](=O)[O-])C1. The number of benzene rings is 1. The predicted octanol–water partition coefficient (Wildman–Crippen LogP) is 2.96. The number of ketones is 1. The van der Waals surface area contributed by atoms with Gasteiger partial charge >= 0.3 is 0 Å². The van der Waals surface area contributed by atoms with E-state index in [0.717, 1.165) is 6.42 Å². The van der Waals surface area contributed by atoms with Gasteiger partial charge < -0.3 is 0 Å². The first kappa shape index (κ1) is 16.1. The van der Waals surface area contributed by atoms with Crippen LogP contribution in [-0.4, -0.2) is 22.2 Å². The summed E-state index contributed by atoms with van der Waals surface area (Å²) in [5, 5.41) is 22.2. The van der Waals surface area contributed by atoms with Crippen molar-refractivity contribution in [1.82, 2.24) is 0 Å². The molecule has 0 N–H and O–H groups in total. The summed E-state index contributed by atoms with van der Waals surface area (Å²) in [5.74, 6) is -0.995. The Morgan fingerprint density at radius 2 is 1.95 bits per heavy atom. The molecule has 0 amide bonds. The molecule has 1 aromatic carbocycles. The Kier molecular flexibility index (Phi) is 4.85. The van der Waals surface area contributed by atoms with Crippen LogP contribution in [0.4, 0.5) is 5.69 Å². The normalized spacial score (nSPS) is 23.0. The third-order valence-electron chi connectivity index (χ3n) is 4.32.